The van der Waals surface area contributed by atoms with E-state index < -0.39 is 98.9 Å². The summed E-state index contributed by atoms with van der Waals surface area (Å²) in [7, 11) is 0. The number of hydrogen-bond donors (Lipinski definition) is 12. The highest BCUT2D eigenvalue weighted by molar-refractivity contribution is 5.86. The molecule has 10 rings (SSSR count). The maximum absolute atomic E-state index is 14.9. The number of fused-ring (bicyclic) bond motifs is 7. The van der Waals surface area contributed by atoms with Gasteiger partial charge in [-0.1, -0.05) is 59.1 Å². The van der Waals surface area contributed by atoms with Gasteiger partial charge < -0.3 is 71.3 Å². The van der Waals surface area contributed by atoms with E-state index in [0.717, 1.165) is 29.8 Å². The van der Waals surface area contributed by atoms with Crippen molar-refractivity contribution in [3.63, 3.8) is 0 Å². The van der Waals surface area contributed by atoms with Crippen molar-refractivity contribution in [3.8, 4) is 0 Å². The molecule has 18 nitrogen and oxygen atoms in total. The number of rotatable bonds is 14. The Labute approximate surface area is 428 Å². The molecule has 0 radical (unpaired) electrons. The van der Waals surface area contributed by atoms with Gasteiger partial charge in [-0.05, 0) is 141 Å². The van der Waals surface area contributed by atoms with Crippen LogP contribution in [0.25, 0.3) is 0 Å². The average Bonchev–Trinajstić information content (AvgIpc) is 4.21. The Bertz CT molecular complexity index is 2350. The first kappa shape index (κ1) is 53.1. The second-order valence-electron chi connectivity index (χ2n) is 25.9. The van der Waals surface area contributed by atoms with Crippen LogP contribution in [0.4, 0.5) is 0 Å². The lowest BCUT2D eigenvalue weighted by Crippen LogP contribution is -2.73. The predicted molar refractivity (Wildman–Crippen MR) is 265 cm³/mol. The molecule has 6 aliphatic carbocycles. The number of carboxylic acids is 1. The molecule has 18 heteroatoms. The first-order valence-electron chi connectivity index (χ1n) is 27.4. The Kier molecular flexibility index (Phi) is 13.8. The summed E-state index contributed by atoms with van der Waals surface area (Å²) in [5.74, 6) is -2.99. The lowest BCUT2D eigenvalue weighted by atomic mass is 9.30. The van der Waals surface area contributed by atoms with Crippen LogP contribution in [0.3, 0.4) is 0 Å². The Balaban J connectivity index is 1.15. The maximum atomic E-state index is 14.9. The number of hydrogen-bond acceptors (Lipinski definition) is 14. The quantitative estimate of drug-likeness (QED) is 0.0730. The Morgan fingerprint density at radius 1 is 0.890 bits per heavy atom. The molecule has 21 unspecified atom stereocenters. The minimum Gasteiger partial charge on any atom is -0.481 e. The zero-order chi connectivity index (χ0) is 52.3. The van der Waals surface area contributed by atoms with Crippen LogP contribution in [0.15, 0.2) is 36.7 Å². The number of carboxylic acid groups (broad SMARTS) is 1. The van der Waals surface area contributed by atoms with Crippen LogP contribution in [0.1, 0.15) is 142 Å². The van der Waals surface area contributed by atoms with Gasteiger partial charge in [0.15, 0.2) is 6.29 Å². The summed E-state index contributed by atoms with van der Waals surface area (Å²) >= 11 is 0. The van der Waals surface area contributed by atoms with E-state index >= 15 is 0 Å². The van der Waals surface area contributed by atoms with E-state index in [1.807, 2.05) is 13.1 Å². The van der Waals surface area contributed by atoms with Crippen molar-refractivity contribution < 1.29 is 59.9 Å². The minimum absolute atomic E-state index is 0.0246. The van der Waals surface area contributed by atoms with E-state index in [0.29, 0.717) is 77.0 Å². The summed E-state index contributed by atoms with van der Waals surface area (Å²) in [6.45, 7) is 10.3. The van der Waals surface area contributed by atoms with Gasteiger partial charge in [-0.2, -0.15) is 0 Å². The first-order chi connectivity index (χ1) is 34.6. The Morgan fingerprint density at radius 3 is 2.26 bits per heavy atom. The lowest BCUT2D eigenvalue weighted by molar-refractivity contribution is -0.341. The number of nitrogens with two attached hydrogens (primary N) is 1. The van der Waals surface area contributed by atoms with Gasteiger partial charge in [0, 0.05) is 47.8 Å². The van der Waals surface area contributed by atoms with Crippen LogP contribution in [0, 0.1) is 73.4 Å². The van der Waals surface area contributed by atoms with Gasteiger partial charge in [-0.3, -0.25) is 9.59 Å². The third kappa shape index (κ3) is 7.90. The normalized spacial score (nSPS) is 46.9. The molecule has 73 heavy (non-hydrogen) atoms. The van der Waals surface area contributed by atoms with E-state index in [-0.39, 0.29) is 67.7 Å². The van der Waals surface area contributed by atoms with Crippen molar-refractivity contribution in [2.24, 2.45) is 79.1 Å². The van der Waals surface area contributed by atoms with E-state index in [1.54, 1.807) is 18.9 Å². The third-order valence-electron chi connectivity index (χ3n) is 22.8. The number of amides is 1. The zero-order valence-corrected chi connectivity index (χ0v) is 43.5. The summed E-state index contributed by atoms with van der Waals surface area (Å²) in [5, 5.41) is 94.7. The summed E-state index contributed by atoms with van der Waals surface area (Å²) in [4.78, 5) is 44.3. The molecule has 2 saturated heterocycles. The summed E-state index contributed by atoms with van der Waals surface area (Å²) in [6.07, 6.45) is 8.32. The van der Waals surface area contributed by atoms with Gasteiger partial charge in [0.05, 0.1) is 48.9 Å². The van der Waals surface area contributed by atoms with Gasteiger partial charge in [-0.15, -0.1) is 0 Å². The van der Waals surface area contributed by atoms with Crippen molar-refractivity contribution in [2.45, 2.75) is 186 Å². The summed E-state index contributed by atoms with van der Waals surface area (Å²) < 4.78 is 12.7. The minimum atomic E-state index is -1.65. The third-order valence-corrected chi connectivity index (χ3v) is 22.8. The van der Waals surface area contributed by atoms with E-state index in [2.05, 4.69) is 59.0 Å². The molecule has 5 saturated carbocycles. The molecule has 7 fully saturated rings. The smallest absolute Gasteiger partial charge is 0.310 e. The summed E-state index contributed by atoms with van der Waals surface area (Å²) in [5.41, 5.74) is 3.60. The van der Waals surface area contributed by atoms with Gasteiger partial charge in [0.1, 0.15) is 24.5 Å². The number of nitrogens with zero attached hydrogens (tertiary/aromatic N) is 2. The molecule has 0 bridgehead atoms. The number of nitrogens with one attached hydrogen (secondary N) is 3. The number of allylic oxidation sites excluding steroid dienone is 2. The fourth-order valence-corrected chi connectivity index (χ4v) is 18.7. The van der Waals surface area contributed by atoms with Crippen molar-refractivity contribution in [1.82, 2.24) is 25.3 Å². The van der Waals surface area contributed by atoms with Crippen LogP contribution in [-0.2, 0) is 25.5 Å². The predicted octanol–water partition coefficient (Wildman–Crippen LogP) is 3.66. The van der Waals surface area contributed by atoms with Gasteiger partial charge in [0.2, 0.25) is 5.91 Å². The largest absolute Gasteiger partial charge is 0.481 e. The number of aliphatic carboxylic acids is 1. The van der Waals surface area contributed by atoms with Gasteiger partial charge >= 0.3 is 5.97 Å². The molecule has 2 aromatic heterocycles. The van der Waals surface area contributed by atoms with E-state index in [9.17, 15) is 50.4 Å². The number of aromatic amines is 2. The molecule has 21 atom stereocenters. The van der Waals surface area contributed by atoms with Gasteiger partial charge in [-0.25, -0.2) is 9.97 Å². The number of carbonyl (C=O) groups is 2. The van der Waals surface area contributed by atoms with E-state index in [4.69, 9.17) is 15.2 Å². The number of carbonyl (C=O) groups excluding carboxylic acids is 1. The Morgan fingerprint density at radius 2 is 1.62 bits per heavy atom. The number of aromatic nitrogens is 4. The Hall–Kier alpha value is -3.30. The van der Waals surface area contributed by atoms with Crippen molar-refractivity contribution in [3.05, 3.63) is 48.1 Å². The highest BCUT2D eigenvalue weighted by atomic mass is 16.7. The van der Waals surface area contributed by atoms with Crippen LogP contribution in [0.5, 0.6) is 0 Å². The van der Waals surface area contributed by atoms with Crippen LogP contribution >= 0.6 is 0 Å². The lowest BCUT2D eigenvalue weighted by Gasteiger charge is -2.74. The van der Waals surface area contributed by atoms with Crippen molar-refractivity contribution >= 4 is 11.9 Å². The number of ether oxygens (including phenoxy) is 2. The number of H-pyrrole nitrogens is 2. The summed E-state index contributed by atoms with van der Waals surface area (Å²) in [6, 6.07) is -0.441. The van der Waals surface area contributed by atoms with Crippen molar-refractivity contribution in [1.29, 1.82) is 0 Å². The molecule has 2 aliphatic heterocycles. The van der Waals surface area contributed by atoms with Crippen LogP contribution in [-0.4, -0.2) is 142 Å². The van der Waals surface area contributed by atoms with Gasteiger partial charge in [0.25, 0.3) is 0 Å². The SMILES string of the molecule is CC1(CO)CCC2(C(=O)O)CC(Cc3cnc[nH]3)C3(C)C(=CCC4C5(C)C(CC6C(C(CCC(N)O)c7cnc[nH]7)NC(=O)C67CCCC7)C(O)C(OC6OCC(O)C(O)C6O)C(C)(CO)C5CCC43C)C2C1. The monoisotopic (exact) mass is 1020 g/mol. The van der Waals surface area contributed by atoms with E-state index in [1.165, 1.54) is 0 Å². The second-order valence-corrected chi connectivity index (χ2v) is 25.9. The molecule has 8 aliphatic rings. The molecule has 13 N–H and O–H groups in total. The number of aliphatic hydroxyl groups is 7. The fraction of sp³-hybridized carbons (Fsp3) is 0.818. The number of aliphatic hydroxyl groups excluding tert-OH is 7. The van der Waals surface area contributed by atoms with Crippen molar-refractivity contribution in [2.75, 3.05) is 19.8 Å². The molecule has 1 spiro atoms. The molecule has 406 valence electrons. The molecule has 1 amide bonds. The molecular weight excluding hydrogens is 937 g/mol. The molecule has 4 heterocycles. The molecule has 0 aromatic carbocycles. The average molecular weight is 1020 g/mol. The first-order valence-corrected chi connectivity index (χ1v) is 27.4. The highest BCUT2D eigenvalue weighted by Gasteiger charge is 2.75. The van der Waals surface area contributed by atoms with Crippen LogP contribution < -0.4 is 11.1 Å². The maximum Gasteiger partial charge on any atom is 0.310 e. The highest BCUT2D eigenvalue weighted by Crippen LogP contribution is 2.79. The molecule has 2 aromatic rings. The molecular formula is C55H84N6O12. The standard InChI is InChI=1S/C55H84N6O12/c1-49(25-62)16-17-55(48(70)71)20-29(18-30-22-57-27-59-30)53(5)32(35(55)21-49)9-10-39-51(53,3)15-12-38-50(2,26-63)45(73-46-44(68)43(67)37(64)24-72-46)42(66)34(52(38,39)4)19-33-41(61-47(69)54(33)13-6-7-14-54)31(8-11-40(56)65)36-23-58-28-60-36/h9,22-23,27-29,31,33-35,37-46,62-68H,6-8,10-21,24-26,56H2,1-5H3,(H,57,59)(H,58,60)(H,61,69)(H,70,71). The van der Waals surface area contributed by atoms with Crippen LogP contribution in [0.2, 0.25) is 0 Å². The fourth-order valence-electron chi connectivity index (χ4n) is 18.7. The number of imidazole rings is 2. The zero-order valence-electron chi connectivity index (χ0n) is 43.5. The second kappa shape index (κ2) is 19.0. The topological polar surface area (TPSA) is 310 Å².